The largest absolute Gasteiger partial charge is 0.325 e. The van der Waals surface area contributed by atoms with Gasteiger partial charge < -0.3 is 5.32 Å². The molecule has 0 fully saturated rings. The zero-order chi connectivity index (χ0) is 13.6. The maximum absolute atomic E-state index is 13.8. The van der Waals surface area contributed by atoms with E-state index in [1.807, 2.05) is 0 Å². The van der Waals surface area contributed by atoms with Gasteiger partial charge in [0.2, 0.25) is 5.91 Å². The lowest BCUT2D eigenvalue weighted by Crippen LogP contribution is -2.13. The Morgan fingerprint density at radius 3 is 2.32 bits per heavy atom. The molecule has 5 heteroatoms. The summed E-state index contributed by atoms with van der Waals surface area (Å²) in [6.45, 7) is 0. The third-order valence-electron chi connectivity index (χ3n) is 3.11. The molecule has 1 heterocycles. The van der Waals surface area contributed by atoms with Crippen molar-refractivity contribution >= 4 is 11.6 Å². The van der Waals surface area contributed by atoms with Crippen LogP contribution in [0, 0.1) is 17.5 Å². The molecule has 1 aliphatic rings. The van der Waals surface area contributed by atoms with Crippen molar-refractivity contribution in [3.8, 4) is 0 Å². The van der Waals surface area contributed by atoms with Crippen molar-refractivity contribution in [3.05, 3.63) is 65.0 Å². The van der Waals surface area contributed by atoms with Crippen LogP contribution in [-0.4, -0.2) is 5.91 Å². The van der Waals surface area contributed by atoms with Crippen molar-refractivity contribution in [1.82, 2.24) is 0 Å². The predicted octanol–water partition coefficient (Wildman–Crippen LogP) is 3.19. The minimum atomic E-state index is -0.879. The minimum Gasteiger partial charge on any atom is -0.325 e. The van der Waals surface area contributed by atoms with Crippen LogP contribution in [0.5, 0.6) is 0 Å². The summed E-state index contributed by atoms with van der Waals surface area (Å²) in [5.74, 6) is -3.32. The highest BCUT2D eigenvalue weighted by Crippen LogP contribution is 2.39. The van der Waals surface area contributed by atoms with Crippen molar-refractivity contribution < 1.29 is 18.0 Å². The zero-order valence-corrected chi connectivity index (χ0v) is 9.58. The van der Waals surface area contributed by atoms with Crippen LogP contribution in [0.15, 0.2) is 36.4 Å². The van der Waals surface area contributed by atoms with E-state index in [0.29, 0.717) is 5.56 Å². The Hall–Kier alpha value is -2.30. The highest BCUT2D eigenvalue weighted by atomic mass is 19.1. The summed E-state index contributed by atoms with van der Waals surface area (Å²) in [5, 5.41) is 2.43. The summed E-state index contributed by atoms with van der Waals surface area (Å²) >= 11 is 0. The normalized spacial score (nSPS) is 17.2. The van der Waals surface area contributed by atoms with Crippen molar-refractivity contribution in [2.24, 2.45) is 0 Å². The highest BCUT2D eigenvalue weighted by Gasteiger charge is 2.35. The third kappa shape index (κ3) is 1.87. The molecule has 0 aromatic heterocycles. The zero-order valence-electron chi connectivity index (χ0n) is 9.58. The monoisotopic (exact) mass is 263 g/mol. The molecular formula is C14H8F3NO. The van der Waals surface area contributed by atoms with Crippen LogP contribution in [-0.2, 0) is 4.79 Å². The van der Waals surface area contributed by atoms with Gasteiger partial charge in [0.1, 0.15) is 17.5 Å². The Morgan fingerprint density at radius 1 is 0.947 bits per heavy atom. The molecule has 2 nitrogen and oxygen atoms in total. The third-order valence-corrected chi connectivity index (χ3v) is 3.11. The topological polar surface area (TPSA) is 29.1 Å². The molecule has 0 spiro atoms. The van der Waals surface area contributed by atoms with Crippen molar-refractivity contribution in [2.45, 2.75) is 5.92 Å². The fraction of sp³-hybridized carbons (Fsp3) is 0.0714. The lowest BCUT2D eigenvalue weighted by atomic mass is 9.92. The molecule has 1 N–H and O–H groups in total. The number of anilines is 1. The molecule has 1 aliphatic heterocycles. The van der Waals surface area contributed by atoms with E-state index in [1.165, 1.54) is 24.3 Å². The van der Waals surface area contributed by atoms with Gasteiger partial charge >= 0.3 is 0 Å². The van der Waals surface area contributed by atoms with Crippen molar-refractivity contribution in [1.29, 1.82) is 0 Å². The van der Waals surface area contributed by atoms with Gasteiger partial charge in [-0.3, -0.25) is 4.79 Å². The molecule has 96 valence electrons. The van der Waals surface area contributed by atoms with Gasteiger partial charge in [-0.25, -0.2) is 13.2 Å². The number of benzene rings is 2. The van der Waals surface area contributed by atoms with Crippen molar-refractivity contribution in [2.75, 3.05) is 5.32 Å². The maximum atomic E-state index is 13.8. The van der Waals surface area contributed by atoms with Gasteiger partial charge in [0.05, 0.1) is 11.6 Å². The van der Waals surface area contributed by atoms with Gasteiger partial charge in [-0.2, -0.15) is 0 Å². The molecule has 2 aromatic carbocycles. The summed E-state index contributed by atoms with van der Waals surface area (Å²) in [4.78, 5) is 11.9. The van der Waals surface area contributed by atoms with E-state index in [9.17, 15) is 18.0 Å². The van der Waals surface area contributed by atoms with Crippen LogP contribution in [0.25, 0.3) is 0 Å². The molecule has 19 heavy (non-hydrogen) atoms. The first-order chi connectivity index (χ1) is 9.06. The molecule has 1 atom stereocenters. The van der Waals surface area contributed by atoms with Gasteiger partial charge in [-0.15, -0.1) is 0 Å². The van der Waals surface area contributed by atoms with Gasteiger partial charge in [0.25, 0.3) is 0 Å². The molecule has 1 amide bonds. The Balaban J connectivity index is 2.15. The van der Waals surface area contributed by atoms with E-state index in [1.54, 1.807) is 0 Å². The first kappa shape index (κ1) is 11.8. The van der Waals surface area contributed by atoms with E-state index >= 15 is 0 Å². The molecule has 1 unspecified atom stereocenters. The number of carbonyl (C=O) groups excluding carboxylic acids is 1. The summed E-state index contributed by atoms with van der Waals surface area (Å²) in [7, 11) is 0. The van der Waals surface area contributed by atoms with Crippen LogP contribution in [0.2, 0.25) is 0 Å². The predicted molar refractivity (Wildman–Crippen MR) is 63.2 cm³/mol. The molecule has 0 aliphatic carbocycles. The number of nitrogens with one attached hydrogen (secondary N) is 1. The van der Waals surface area contributed by atoms with E-state index in [4.69, 9.17) is 0 Å². The average molecular weight is 263 g/mol. The smallest absolute Gasteiger partial charge is 0.236 e. The molecule has 2 aromatic rings. The fourth-order valence-electron chi connectivity index (χ4n) is 2.29. The Morgan fingerprint density at radius 2 is 1.63 bits per heavy atom. The standard InChI is InChI=1S/C14H8F3NO/c15-8-3-1-7(2-4-8)12-13-10(17)5-9(16)6-11(13)18-14(12)19/h1-6,12H,(H,18,19). The quantitative estimate of drug-likeness (QED) is 0.841. The summed E-state index contributed by atoms with van der Waals surface area (Å²) in [6, 6.07) is 7.02. The fourth-order valence-corrected chi connectivity index (χ4v) is 2.29. The molecule has 0 radical (unpaired) electrons. The lowest BCUT2D eigenvalue weighted by molar-refractivity contribution is -0.116. The molecule has 0 saturated carbocycles. The summed E-state index contributed by atoms with van der Waals surface area (Å²) in [6.07, 6.45) is 0. The van der Waals surface area contributed by atoms with Crippen LogP contribution in [0.4, 0.5) is 18.9 Å². The van der Waals surface area contributed by atoms with Gasteiger partial charge in [-0.05, 0) is 23.8 Å². The summed E-state index contributed by atoms with van der Waals surface area (Å²) < 4.78 is 39.8. The number of hydrogen-bond acceptors (Lipinski definition) is 1. The van der Waals surface area contributed by atoms with Gasteiger partial charge in [0, 0.05) is 11.6 Å². The number of amides is 1. The second kappa shape index (κ2) is 4.12. The number of hydrogen-bond donors (Lipinski definition) is 1. The maximum Gasteiger partial charge on any atom is 0.236 e. The van der Waals surface area contributed by atoms with E-state index < -0.39 is 29.3 Å². The number of halogens is 3. The molecule has 0 saturated heterocycles. The number of carbonyl (C=O) groups is 1. The van der Waals surface area contributed by atoms with Gasteiger partial charge in [0.15, 0.2) is 0 Å². The van der Waals surface area contributed by atoms with Crippen LogP contribution in [0.3, 0.4) is 0 Å². The van der Waals surface area contributed by atoms with Crippen LogP contribution >= 0.6 is 0 Å². The van der Waals surface area contributed by atoms with E-state index in [0.717, 1.165) is 12.1 Å². The van der Waals surface area contributed by atoms with Crippen LogP contribution in [0.1, 0.15) is 17.0 Å². The second-order valence-corrected chi connectivity index (χ2v) is 4.32. The summed E-state index contributed by atoms with van der Waals surface area (Å²) in [5.41, 5.74) is 0.679. The van der Waals surface area contributed by atoms with Crippen molar-refractivity contribution in [3.63, 3.8) is 0 Å². The number of rotatable bonds is 1. The average Bonchev–Trinajstić information content (AvgIpc) is 2.66. The number of fused-ring (bicyclic) bond motifs is 1. The highest BCUT2D eigenvalue weighted by molar-refractivity contribution is 6.05. The second-order valence-electron chi connectivity index (χ2n) is 4.32. The van der Waals surface area contributed by atoms with E-state index in [2.05, 4.69) is 5.32 Å². The first-order valence-corrected chi connectivity index (χ1v) is 5.61. The Bertz CT molecular complexity index is 667. The Kier molecular flexibility index (Phi) is 2.55. The first-order valence-electron chi connectivity index (χ1n) is 5.61. The SMILES string of the molecule is O=C1Nc2cc(F)cc(F)c2C1c1ccc(F)cc1. The van der Waals surface area contributed by atoms with E-state index in [-0.39, 0.29) is 11.3 Å². The molecule has 0 bridgehead atoms. The van der Waals surface area contributed by atoms with Gasteiger partial charge in [-0.1, -0.05) is 12.1 Å². The minimum absolute atomic E-state index is 0.0954. The Labute approximate surface area is 106 Å². The molecular weight excluding hydrogens is 255 g/mol. The molecule has 3 rings (SSSR count). The van der Waals surface area contributed by atoms with Crippen LogP contribution < -0.4 is 5.32 Å². The lowest BCUT2D eigenvalue weighted by Gasteiger charge is -2.10.